The molecule has 0 aliphatic rings. The van der Waals surface area contributed by atoms with E-state index in [1.807, 2.05) is 12.1 Å². The number of methoxy groups -OCH3 is 1. The van der Waals surface area contributed by atoms with Crippen molar-refractivity contribution in [1.82, 2.24) is 0 Å². The zero-order chi connectivity index (χ0) is 15.6. The quantitative estimate of drug-likeness (QED) is 0.758. The Labute approximate surface area is 136 Å². The Morgan fingerprint density at radius 3 is 2.48 bits per heavy atom. The summed E-state index contributed by atoms with van der Waals surface area (Å²) in [6.07, 6.45) is 0. The van der Waals surface area contributed by atoms with E-state index >= 15 is 0 Å². The van der Waals surface area contributed by atoms with Gasteiger partial charge in [0, 0.05) is 6.04 Å². The molecule has 0 amide bonds. The van der Waals surface area contributed by atoms with E-state index in [-0.39, 0.29) is 11.5 Å². The summed E-state index contributed by atoms with van der Waals surface area (Å²) in [6.45, 7) is 8.75. The van der Waals surface area contributed by atoms with E-state index in [9.17, 15) is 0 Å². The molecule has 0 fully saturated rings. The first-order valence-electron chi connectivity index (χ1n) is 7.00. The van der Waals surface area contributed by atoms with Crippen molar-refractivity contribution in [2.45, 2.75) is 39.2 Å². The molecule has 2 nitrogen and oxygen atoms in total. The fraction of sp³-hybridized carbons (Fsp3) is 0.412. The van der Waals surface area contributed by atoms with Crippen LogP contribution in [0, 0.1) is 0 Å². The molecule has 0 spiro atoms. The van der Waals surface area contributed by atoms with Crippen molar-refractivity contribution in [3.63, 3.8) is 0 Å². The van der Waals surface area contributed by atoms with E-state index in [2.05, 4.69) is 50.5 Å². The average molecular weight is 324 g/mol. The molecule has 21 heavy (non-hydrogen) atoms. The van der Waals surface area contributed by atoms with Gasteiger partial charge in [-0.2, -0.15) is 0 Å². The molecule has 0 aliphatic heterocycles. The second-order valence-electron chi connectivity index (χ2n) is 6.22. The SMILES string of the molecule is COc1ccc(C(C)(C)C)cc1NC(C)c1csc(Cl)c1. The van der Waals surface area contributed by atoms with Crippen LogP contribution in [0.2, 0.25) is 4.34 Å². The summed E-state index contributed by atoms with van der Waals surface area (Å²) in [7, 11) is 1.70. The monoisotopic (exact) mass is 323 g/mol. The third-order valence-corrected chi connectivity index (χ3v) is 4.63. The normalized spacial score (nSPS) is 13.0. The Kier molecular flexibility index (Phi) is 4.84. The lowest BCUT2D eigenvalue weighted by Gasteiger charge is -2.23. The number of ether oxygens (including phenoxy) is 1. The number of hydrogen-bond acceptors (Lipinski definition) is 3. The molecule has 1 aromatic carbocycles. The molecule has 1 aromatic heterocycles. The fourth-order valence-electron chi connectivity index (χ4n) is 2.15. The second kappa shape index (κ2) is 6.29. The zero-order valence-corrected chi connectivity index (χ0v) is 14.7. The van der Waals surface area contributed by atoms with E-state index in [0.717, 1.165) is 15.8 Å². The highest BCUT2D eigenvalue weighted by atomic mass is 35.5. The maximum atomic E-state index is 6.02. The molecule has 2 rings (SSSR count). The standard InChI is InChI=1S/C17H22ClNOS/c1-11(12-8-16(18)21-10-12)19-14-9-13(17(2,3)4)6-7-15(14)20-5/h6-11,19H,1-5H3. The van der Waals surface area contributed by atoms with Crippen LogP contribution in [0.3, 0.4) is 0 Å². The number of nitrogens with one attached hydrogen (secondary N) is 1. The van der Waals surface area contributed by atoms with Crippen molar-refractivity contribution in [2.24, 2.45) is 0 Å². The predicted molar refractivity (Wildman–Crippen MR) is 93.1 cm³/mol. The second-order valence-corrected chi connectivity index (χ2v) is 7.76. The van der Waals surface area contributed by atoms with Gasteiger partial charge in [0.25, 0.3) is 0 Å². The average Bonchev–Trinajstić information content (AvgIpc) is 2.84. The first-order valence-corrected chi connectivity index (χ1v) is 8.26. The van der Waals surface area contributed by atoms with Gasteiger partial charge < -0.3 is 10.1 Å². The molecule has 1 unspecified atom stereocenters. The number of thiophene rings is 1. The number of rotatable bonds is 4. The van der Waals surface area contributed by atoms with Crippen LogP contribution < -0.4 is 10.1 Å². The lowest BCUT2D eigenvalue weighted by Crippen LogP contribution is -2.13. The van der Waals surface area contributed by atoms with Crippen molar-refractivity contribution >= 4 is 28.6 Å². The molecule has 1 atom stereocenters. The smallest absolute Gasteiger partial charge is 0.141 e. The van der Waals surface area contributed by atoms with Gasteiger partial charge in [0.1, 0.15) is 5.75 Å². The van der Waals surface area contributed by atoms with Crippen molar-refractivity contribution in [3.8, 4) is 5.75 Å². The highest BCUT2D eigenvalue weighted by Crippen LogP contribution is 2.34. The highest BCUT2D eigenvalue weighted by Gasteiger charge is 2.17. The van der Waals surface area contributed by atoms with Crippen LogP contribution in [0.25, 0.3) is 0 Å². The number of hydrogen-bond donors (Lipinski definition) is 1. The van der Waals surface area contributed by atoms with Crippen molar-refractivity contribution in [3.05, 3.63) is 45.1 Å². The highest BCUT2D eigenvalue weighted by molar-refractivity contribution is 7.14. The van der Waals surface area contributed by atoms with Gasteiger partial charge in [-0.15, -0.1) is 11.3 Å². The maximum absolute atomic E-state index is 6.02. The summed E-state index contributed by atoms with van der Waals surface area (Å²) < 4.78 is 6.28. The fourth-order valence-corrected chi connectivity index (χ4v) is 3.14. The van der Waals surface area contributed by atoms with E-state index in [1.165, 1.54) is 11.1 Å². The Morgan fingerprint density at radius 1 is 1.24 bits per heavy atom. The summed E-state index contributed by atoms with van der Waals surface area (Å²) in [5, 5.41) is 5.61. The van der Waals surface area contributed by atoms with Gasteiger partial charge in [-0.05, 0) is 47.0 Å². The van der Waals surface area contributed by atoms with Gasteiger partial charge >= 0.3 is 0 Å². The van der Waals surface area contributed by atoms with Crippen molar-refractivity contribution in [2.75, 3.05) is 12.4 Å². The zero-order valence-electron chi connectivity index (χ0n) is 13.2. The van der Waals surface area contributed by atoms with E-state index in [0.29, 0.717) is 0 Å². The summed E-state index contributed by atoms with van der Waals surface area (Å²) >= 11 is 7.57. The maximum Gasteiger partial charge on any atom is 0.141 e. The topological polar surface area (TPSA) is 21.3 Å². The Balaban J connectivity index is 2.29. The molecule has 1 N–H and O–H groups in total. The molecule has 0 radical (unpaired) electrons. The summed E-state index contributed by atoms with van der Waals surface area (Å²) in [6, 6.07) is 8.50. The van der Waals surface area contributed by atoms with Crippen LogP contribution in [-0.4, -0.2) is 7.11 Å². The Morgan fingerprint density at radius 2 is 1.95 bits per heavy atom. The molecule has 1 heterocycles. The summed E-state index contributed by atoms with van der Waals surface area (Å²) in [4.78, 5) is 0. The Bertz CT molecular complexity index is 615. The number of halogens is 1. The van der Waals surface area contributed by atoms with Gasteiger partial charge in [-0.25, -0.2) is 0 Å². The van der Waals surface area contributed by atoms with E-state index < -0.39 is 0 Å². The summed E-state index contributed by atoms with van der Waals surface area (Å²) in [5.41, 5.74) is 3.59. The molecule has 0 bridgehead atoms. The van der Waals surface area contributed by atoms with Gasteiger partial charge in [0.15, 0.2) is 0 Å². The van der Waals surface area contributed by atoms with Crippen LogP contribution >= 0.6 is 22.9 Å². The first-order chi connectivity index (χ1) is 9.81. The largest absolute Gasteiger partial charge is 0.495 e. The minimum Gasteiger partial charge on any atom is -0.495 e. The Hall–Kier alpha value is -1.19. The third kappa shape index (κ3) is 3.92. The molecular weight excluding hydrogens is 302 g/mol. The number of anilines is 1. The van der Waals surface area contributed by atoms with Gasteiger partial charge in [-0.1, -0.05) is 38.4 Å². The lowest BCUT2D eigenvalue weighted by molar-refractivity contribution is 0.415. The van der Waals surface area contributed by atoms with Gasteiger partial charge in [0.05, 0.1) is 17.1 Å². The third-order valence-electron chi connectivity index (χ3n) is 3.53. The molecular formula is C17H22ClNOS. The van der Waals surface area contributed by atoms with Crippen LogP contribution in [0.1, 0.15) is 44.9 Å². The number of benzene rings is 1. The lowest BCUT2D eigenvalue weighted by atomic mass is 9.86. The van der Waals surface area contributed by atoms with Gasteiger partial charge in [-0.3, -0.25) is 0 Å². The predicted octanol–water partition coefficient (Wildman–Crippen LogP) is 5.88. The summed E-state index contributed by atoms with van der Waals surface area (Å²) in [5.74, 6) is 0.858. The molecule has 0 aliphatic carbocycles. The molecule has 4 heteroatoms. The molecule has 114 valence electrons. The van der Waals surface area contributed by atoms with Crippen LogP contribution in [0.15, 0.2) is 29.6 Å². The van der Waals surface area contributed by atoms with E-state index in [4.69, 9.17) is 16.3 Å². The minimum absolute atomic E-state index is 0.109. The molecule has 0 saturated heterocycles. The minimum atomic E-state index is 0.109. The van der Waals surface area contributed by atoms with E-state index in [1.54, 1.807) is 18.4 Å². The van der Waals surface area contributed by atoms with Crippen LogP contribution in [-0.2, 0) is 5.41 Å². The molecule has 0 saturated carbocycles. The molecule has 2 aromatic rings. The van der Waals surface area contributed by atoms with Crippen molar-refractivity contribution < 1.29 is 4.74 Å². The van der Waals surface area contributed by atoms with Crippen LogP contribution in [0.4, 0.5) is 5.69 Å². The van der Waals surface area contributed by atoms with Crippen LogP contribution in [0.5, 0.6) is 5.75 Å². The van der Waals surface area contributed by atoms with Crippen molar-refractivity contribution in [1.29, 1.82) is 0 Å². The van der Waals surface area contributed by atoms with Gasteiger partial charge in [0.2, 0.25) is 0 Å². The first kappa shape index (κ1) is 16.2.